The number of nitrogens with one attached hydrogen (secondary N) is 2. The summed E-state index contributed by atoms with van der Waals surface area (Å²) in [4.78, 5) is 35.5. The van der Waals surface area contributed by atoms with Gasteiger partial charge in [0.2, 0.25) is 5.91 Å². The molecule has 0 aliphatic rings. The minimum absolute atomic E-state index is 0.0941. The quantitative estimate of drug-likeness (QED) is 0.595. The zero-order valence-corrected chi connectivity index (χ0v) is 16.3. The Morgan fingerprint density at radius 1 is 1.25 bits per heavy atom. The second kappa shape index (κ2) is 9.23. The fourth-order valence-electron chi connectivity index (χ4n) is 2.58. The highest BCUT2D eigenvalue weighted by Gasteiger charge is 2.11. The first kappa shape index (κ1) is 19.7. The molecule has 146 valence electrons. The lowest BCUT2D eigenvalue weighted by Gasteiger charge is -2.09. The van der Waals surface area contributed by atoms with Crippen LogP contribution in [0.1, 0.15) is 11.4 Å². The van der Waals surface area contributed by atoms with Crippen LogP contribution in [0.25, 0.3) is 10.9 Å². The number of nitrogens with zero attached hydrogens (tertiary/aromatic N) is 2. The third kappa shape index (κ3) is 4.80. The van der Waals surface area contributed by atoms with E-state index in [-0.39, 0.29) is 17.2 Å². The molecule has 0 spiro atoms. The minimum Gasteiger partial charge on any atom is -0.493 e. The SMILES string of the molecule is COc1cc2nc(CSCC(=O)NCc3cccnc3)[nH]c(=O)c2cc1OC. The van der Waals surface area contributed by atoms with Gasteiger partial charge in [-0.1, -0.05) is 6.07 Å². The van der Waals surface area contributed by atoms with Gasteiger partial charge in [-0.2, -0.15) is 0 Å². The van der Waals surface area contributed by atoms with Gasteiger partial charge in [-0.3, -0.25) is 14.6 Å². The molecule has 0 radical (unpaired) electrons. The van der Waals surface area contributed by atoms with Gasteiger partial charge in [0.15, 0.2) is 11.5 Å². The maximum Gasteiger partial charge on any atom is 0.258 e. The Morgan fingerprint density at radius 3 is 2.75 bits per heavy atom. The highest BCUT2D eigenvalue weighted by atomic mass is 32.2. The van der Waals surface area contributed by atoms with Crippen molar-refractivity contribution >= 4 is 28.6 Å². The smallest absolute Gasteiger partial charge is 0.258 e. The van der Waals surface area contributed by atoms with E-state index >= 15 is 0 Å². The number of benzene rings is 1. The number of carbonyl (C=O) groups is 1. The molecule has 0 saturated carbocycles. The molecule has 0 bridgehead atoms. The summed E-state index contributed by atoms with van der Waals surface area (Å²) in [5.74, 6) is 2.03. The molecule has 0 fully saturated rings. The number of aromatic amines is 1. The molecule has 0 aliphatic carbocycles. The molecule has 3 rings (SSSR count). The van der Waals surface area contributed by atoms with E-state index in [0.717, 1.165) is 5.56 Å². The lowest BCUT2D eigenvalue weighted by atomic mass is 10.2. The molecule has 0 atom stereocenters. The van der Waals surface area contributed by atoms with Gasteiger partial charge in [0, 0.05) is 25.0 Å². The minimum atomic E-state index is -0.261. The number of methoxy groups -OCH3 is 2. The number of pyridine rings is 1. The monoisotopic (exact) mass is 400 g/mol. The van der Waals surface area contributed by atoms with E-state index in [4.69, 9.17) is 9.47 Å². The standard InChI is InChI=1S/C19H20N4O4S/c1-26-15-6-13-14(7-16(15)27-2)22-17(23-19(13)25)10-28-11-18(24)21-9-12-4-3-5-20-8-12/h3-8H,9-11H2,1-2H3,(H,21,24)(H,22,23,25). The molecule has 2 heterocycles. The van der Waals surface area contributed by atoms with Crippen molar-refractivity contribution in [3.05, 3.63) is 58.4 Å². The summed E-state index contributed by atoms with van der Waals surface area (Å²) >= 11 is 1.37. The molecule has 0 saturated heterocycles. The topological polar surface area (TPSA) is 106 Å². The largest absolute Gasteiger partial charge is 0.493 e. The van der Waals surface area contributed by atoms with Crippen LogP contribution in [0.15, 0.2) is 41.5 Å². The summed E-state index contributed by atoms with van der Waals surface area (Å²) in [5.41, 5.74) is 1.19. The number of hydrogen-bond donors (Lipinski definition) is 2. The molecule has 2 aromatic heterocycles. The third-order valence-corrected chi connectivity index (χ3v) is 4.89. The molecule has 3 aromatic rings. The highest BCUT2D eigenvalue weighted by Crippen LogP contribution is 2.30. The number of thioether (sulfide) groups is 1. The summed E-state index contributed by atoms with van der Waals surface area (Å²) in [7, 11) is 3.04. The van der Waals surface area contributed by atoms with Crippen molar-refractivity contribution in [2.45, 2.75) is 12.3 Å². The van der Waals surface area contributed by atoms with E-state index in [1.54, 1.807) is 24.5 Å². The number of ether oxygens (including phenoxy) is 2. The second-order valence-electron chi connectivity index (χ2n) is 5.87. The van der Waals surface area contributed by atoms with E-state index in [2.05, 4.69) is 20.3 Å². The number of H-pyrrole nitrogens is 1. The first-order valence-corrected chi connectivity index (χ1v) is 9.64. The van der Waals surface area contributed by atoms with Gasteiger partial charge in [-0.25, -0.2) is 4.98 Å². The zero-order chi connectivity index (χ0) is 19.9. The number of fused-ring (bicyclic) bond motifs is 1. The molecular weight excluding hydrogens is 380 g/mol. The Labute approximate surface area is 165 Å². The summed E-state index contributed by atoms with van der Waals surface area (Å²) in [6, 6.07) is 6.98. The second-order valence-corrected chi connectivity index (χ2v) is 6.85. The van der Waals surface area contributed by atoms with E-state index in [0.29, 0.717) is 40.5 Å². The molecule has 0 unspecified atom stereocenters. The average molecular weight is 400 g/mol. The van der Waals surface area contributed by atoms with E-state index in [1.165, 1.54) is 26.0 Å². The molecule has 1 aromatic carbocycles. The first-order chi connectivity index (χ1) is 13.6. The molecule has 2 N–H and O–H groups in total. The van der Waals surface area contributed by atoms with Gasteiger partial charge in [0.1, 0.15) is 5.82 Å². The van der Waals surface area contributed by atoms with Gasteiger partial charge in [-0.15, -0.1) is 11.8 Å². The van der Waals surface area contributed by atoms with Crippen molar-refractivity contribution in [1.82, 2.24) is 20.3 Å². The Balaban J connectivity index is 1.61. The van der Waals surface area contributed by atoms with Gasteiger partial charge in [-0.05, 0) is 17.7 Å². The number of rotatable bonds is 8. The zero-order valence-electron chi connectivity index (χ0n) is 15.5. The van der Waals surface area contributed by atoms with Crippen molar-refractivity contribution in [3.63, 3.8) is 0 Å². The van der Waals surface area contributed by atoms with E-state index in [1.807, 2.05) is 12.1 Å². The Kier molecular flexibility index (Phi) is 6.49. The molecule has 28 heavy (non-hydrogen) atoms. The molecule has 1 amide bonds. The summed E-state index contributed by atoms with van der Waals surface area (Å²) < 4.78 is 10.5. The van der Waals surface area contributed by atoms with Crippen LogP contribution in [-0.2, 0) is 17.1 Å². The van der Waals surface area contributed by atoms with Gasteiger partial charge in [0.05, 0.1) is 36.6 Å². The fraction of sp³-hybridized carbons (Fsp3) is 0.263. The Hall–Kier alpha value is -3.07. The van der Waals surface area contributed by atoms with E-state index in [9.17, 15) is 9.59 Å². The van der Waals surface area contributed by atoms with Crippen LogP contribution in [-0.4, -0.2) is 40.8 Å². The number of amides is 1. The highest BCUT2D eigenvalue weighted by molar-refractivity contribution is 7.99. The van der Waals surface area contributed by atoms with Gasteiger partial charge >= 0.3 is 0 Å². The number of hydrogen-bond acceptors (Lipinski definition) is 7. The summed E-state index contributed by atoms with van der Waals surface area (Å²) in [6.45, 7) is 0.430. The normalized spacial score (nSPS) is 10.6. The first-order valence-electron chi connectivity index (χ1n) is 8.49. The van der Waals surface area contributed by atoms with Crippen molar-refractivity contribution in [2.24, 2.45) is 0 Å². The molecule has 9 heteroatoms. The lowest BCUT2D eigenvalue weighted by Crippen LogP contribution is -2.24. The van der Waals surface area contributed by atoms with Crippen LogP contribution in [0.3, 0.4) is 0 Å². The van der Waals surface area contributed by atoms with Gasteiger partial charge in [0.25, 0.3) is 5.56 Å². The Bertz CT molecular complexity index is 1020. The van der Waals surface area contributed by atoms with Gasteiger partial charge < -0.3 is 19.8 Å². The van der Waals surface area contributed by atoms with Crippen LogP contribution in [0, 0.1) is 0 Å². The van der Waals surface area contributed by atoms with Crippen LogP contribution in [0.2, 0.25) is 0 Å². The Morgan fingerprint density at radius 2 is 2.04 bits per heavy atom. The maximum absolute atomic E-state index is 12.3. The van der Waals surface area contributed by atoms with Crippen LogP contribution >= 0.6 is 11.8 Å². The van der Waals surface area contributed by atoms with Crippen molar-refractivity contribution in [3.8, 4) is 11.5 Å². The van der Waals surface area contributed by atoms with Crippen LogP contribution < -0.4 is 20.3 Å². The third-order valence-electron chi connectivity index (χ3n) is 3.94. The van der Waals surface area contributed by atoms with Crippen molar-refractivity contribution < 1.29 is 14.3 Å². The summed E-state index contributed by atoms with van der Waals surface area (Å²) in [5, 5.41) is 3.25. The van der Waals surface area contributed by atoms with Crippen molar-refractivity contribution in [1.29, 1.82) is 0 Å². The summed E-state index contributed by atoms with van der Waals surface area (Å²) in [6.07, 6.45) is 3.39. The average Bonchev–Trinajstić information content (AvgIpc) is 2.72. The van der Waals surface area contributed by atoms with E-state index < -0.39 is 0 Å². The lowest BCUT2D eigenvalue weighted by molar-refractivity contribution is -0.118. The van der Waals surface area contributed by atoms with Crippen molar-refractivity contribution in [2.75, 3.05) is 20.0 Å². The van der Waals surface area contributed by atoms with Crippen LogP contribution in [0.5, 0.6) is 11.5 Å². The van der Waals surface area contributed by atoms with Crippen LogP contribution in [0.4, 0.5) is 0 Å². The molecule has 0 aliphatic heterocycles. The predicted molar refractivity (Wildman–Crippen MR) is 108 cm³/mol. The number of aromatic nitrogens is 3. The number of carbonyl (C=O) groups excluding carboxylic acids is 1. The maximum atomic E-state index is 12.3. The fourth-order valence-corrected chi connectivity index (χ4v) is 3.30. The molecule has 8 nitrogen and oxygen atoms in total. The predicted octanol–water partition coefficient (Wildman–Crippen LogP) is 1.88. The molecular formula is C19H20N4O4S.